The fourth-order valence-corrected chi connectivity index (χ4v) is 2.88. The molecular weight excluding hydrogens is 322 g/mol. The summed E-state index contributed by atoms with van der Waals surface area (Å²) in [6.07, 6.45) is 1.57. The quantitative estimate of drug-likeness (QED) is 0.615. The molecule has 1 N–H and O–H groups in total. The number of fused-ring (bicyclic) bond motifs is 2. The molecule has 0 aliphatic heterocycles. The van der Waals surface area contributed by atoms with Gasteiger partial charge in [0, 0.05) is 12.4 Å². The average molecular weight is 337 g/mol. The number of rotatable bonds is 3. The van der Waals surface area contributed by atoms with Crippen molar-refractivity contribution in [2.45, 2.75) is 13.5 Å². The Morgan fingerprint density at radius 2 is 2.12 bits per heavy atom. The molecule has 0 bridgehead atoms. The highest BCUT2D eigenvalue weighted by molar-refractivity contribution is 5.93. The SMILES string of the molecule is Cc1nn(C)c2ncc(NC(=O)Cn3c(=O)oc4ccccc43)cc12. The Hall–Kier alpha value is -3.42. The molecule has 0 saturated carbocycles. The second-order valence-electron chi connectivity index (χ2n) is 5.77. The number of oxazole rings is 1. The Kier molecular flexibility index (Phi) is 3.38. The fraction of sp³-hybridized carbons (Fsp3) is 0.176. The third kappa shape index (κ3) is 2.57. The number of hydrogen-bond acceptors (Lipinski definition) is 5. The third-order valence-electron chi connectivity index (χ3n) is 4.02. The summed E-state index contributed by atoms with van der Waals surface area (Å²) >= 11 is 0. The van der Waals surface area contributed by atoms with Crippen LogP contribution >= 0.6 is 0 Å². The first-order valence-corrected chi connectivity index (χ1v) is 7.70. The lowest BCUT2D eigenvalue weighted by Gasteiger charge is -2.06. The largest absolute Gasteiger partial charge is 0.420 e. The summed E-state index contributed by atoms with van der Waals surface area (Å²) in [5.74, 6) is -0.899. The third-order valence-corrected chi connectivity index (χ3v) is 4.02. The van der Waals surface area contributed by atoms with E-state index in [2.05, 4.69) is 15.4 Å². The zero-order valence-corrected chi connectivity index (χ0v) is 13.7. The summed E-state index contributed by atoms with van der Waals surface area (Å²) in [7, 11) is 1.82. The first-order valence-electron chi connectivity index (χ1n) is 7.70. The first kappa shape index (κ1) is 15.1. The minimum Gasteiger partial charge on any atom is -0.408 e. The van der Waals surface area contributed by atoms with E-state index in [0.29, 0.717) is 16.8 Å². The molecule has 3 heterocycles. The van der Waals surface area contributed by atoms with Gasteiger partial charge in [0.1, 0.15) is 6.54 Å². The van der Waals surface area contributed by atoms with Crippen molar-refractivity contribution in [2.75, 3.05) is 5.32 Å². The van der Waals surface area contributed by atoms with Gasteiger partial charge in [-0.1, -0.05) is 12.1 Å². The monoisotopic (exact) mass is 337 g/mol. The molecule has 1 aromatic carbocycles. The maximum absolute atomic E-state index is 12.3. The van der Waals surface area contributed by atoms with E-state index in [0.717, 1.165) is 16.7 Å². The predicted octanol–water partition coefficient (Wildman–Crippen LogP) is 1.82. The van der Waals surface area contributed by atoms with E-state index >= 15 is 0 Å². The van der Waals surface area contributed by atoms with Crippen LogP contribution in [-0.4, -0.2) is 25.2 Å². The summed E-state index contributed by atoms with van der Waals surface area (Å²) in [6, 6.07) is 8.80. The van der Waals surface area contributed by atoms with Crippen molar-refractivity contribution < 1.29 is 9.21 Å². The van der Waals surface area contributed by atoms with Gasteiger partial charge in [-0.25, -0.2) is 9.78 Å². The number of carbonyl (C=O) groups is 1. The van der Waals surface area contributed by atoms with E-state index in [9.17, 15) is 9.59 Å². The molecule has 0 atom stereocenters. The highest BCUT2D eigenvalue weighted by Crippen LogP contribution is 2.19. The van der Waals surface area contributed by atoms with E-state index in [-0.39, 0.29) is 12.5 Å². The van der Waals surface area contributed by atoms with E-state index < -0.39 is 5.76 Å². The van der Waals surface area contributed by atoms with Gasteiger partial charge in [0.05, 0.1) is 23.1 Å². The minimum absolute atomic E-state index is 0.139. The van der Waals surface area contributed by atoms with Crippen LogP contribution in [0.25, 0.3) is 22.1 Å². The van der Waals surface area contributed by atoms with Crippen molar-refractivity contribution >= 4 is 33.7 Å². The van der Waals surface area contributed by atoms with E-state index in [4.69, 9.17) is 4.42 Å². The molecule has 8 heteroatoms. The molecule has 25 heavy (non-hydrogen) atoms. The topological polar surface area (TPSA) is 95.0 Å². The molecule has 8 nitrogen and oxygen atoms in total. The molecular formula is C17H15N5O3. The van der Waals surface area contributed by atoms with Crippen LogP contribution in [0.5, 0.6) is 0 Å². The van der Waals surface area contributed by atoms with E-state index in [1.54, 1.807) is 35.1 Å². The van der Waals surface area contributed by atoms with Gasteiger partial charge in [-0.2, -0.15) is 5.10 Å². The Labute approximate surface area is 141 Å². The number of benzene rings is 1. The number of aryl methyl sites for hydroxylation is 2. The molecule has 0 spiro atoms. The van der Waals surface area contributed by atoms with Crippen molar-refractivity contribution in [2.24, 2.45) is 7.05 Å². The fourth-order valence-electron chi connectivity index (χ4n) is 2.88. The molecule has 0 unspecified atom stereocenters. The normalized spacial score (nSPS) is 11.3. The summed E-state index contributed by atoms with van der Waals surface area (Å²) in [5, 5.41) is 7.93. The lowest BCUT2D eigenvalue weighted by molar-refractivity contribution is -0.116. The van der Waals surface area contributed by atoms with Gasteiger partial charge in [-0.15, -0.1) is 0 Å². The van der Waals surface area contributed by atoms with Gasteiger partial charge in [-0.3, -0.25) is 14.0 Å². The molecule has 4 aromatic rings. The minimum atomic E-state index is -0.562. The van der Waals surface area contributed by atoms with Crippen LogP contribution in [0.4, 0.5) is 5.69 Å². The van der Waals surface area contributed by atoms with Crippen LogP contribution in [0.2, 0.25) is 0 Å². The van der Waals surface area contributed by atoms with Crippen molar-refractivity contribution in [1.82, 2.24) is 19.3 Å². The molecule has 0 radical (unpaired) electrons. The van der Waals surface area contributed by atoms with Gasteiger partial charge >= 0.3 is 5.76 Å². The predicted molar refractivity (Wildman–Crippen MR) is 92.3 cm³/mol. The zero-order valence-electron chi connectivity index (χ0n) is 13.7. The Morgan fingerprint density at radius 1 is 1.32 bits per heavy atom. The Balaban J connectivity index is 1.61. The van der Waals surface area contributed by atoms with Crippen LogP contribution in [0, 0.1) is 6.92 Å². The summed E-state index contributed by atoms with van der Waals surface area (Å²) < 4.78 is 8.12. The van der Waals surface area contributed by atoms with Crippen molar-refractivity contribution in [3.05, 3.63) is 52.8 Å². The highest BCUT2D eigenvalue weighted by atomic mass is 16.4. The number of anilines is 1. The summed E-state index contributed by atoms with van der Waals surface area (Å²) in [5.41, 5.74) is 3.16. The number of amides is 1. The van der Waals surface area contributed by atoms with Crippen LogP contribution in [0.1, 0.15) is 5.69 Å². The van der Waals surface area contributed by atoms with Gasteiger partial charge in [-0.05, 0) is 25.1 Å². The molecule has 0 aliphatic carbocycles. The van der Waals surface area contributed by atoms with Crippen molar-refractivity contribution in [3.8, 4) is 0 Å². The molecule has 0 saturated heterocycles. The van der Waals surface area contributed by atoms with Gasteiger partial charge in [0.15, 0.2) is 11.2 Å². The number of hydrogen-bond donors (Lipinski definition) is 1. The van der Waals surface area contributed by atoms with Gasteiger partial charge in [0.2, 0.25) is 5.91 Å². The van der Waals surface area contributed by atoms with Crippen LogP contribution < -0.4 is 11.1 Å². The number of nitrogens with one attached hydrogen (secondary N) is 1. The standard InChI is InChI=1S/C17H15N5O3/c1-10-12-7-11(8-18-16(12)21(2)20-10)19-15(23)9-22-13-5-3-4-6-14(13)25-17(22)24/h3-8H,9H2,1-2H3,(H,19,23). The summed E-state index contributed by atoms with van der Waals surface area (Å²) in [6.45, 7) is 1.74. The Morgan fingerprint density at radius 3 is 2.96 bits per heavy atom. The molecule has 0 fully saturated rings. The number of pyridine rings is 1. The van der Waals surface area contributed by atoms with Crippen LogP contribution in [-0.2, 0) is 18.4 Å². The van der Waals surface area contributed by atoms with Crippen molar-refractivity contribution in [1.29, 1.82) is 0 Å². The number of para-hydroxylation sites is 2. The number of carbonyl (C=O) groups excluding carboxylic acids is 1. The van der Waals surface area contributed by atoms with Crippen LogP contribution in [0.3, 0.4) is 0 Å². The van der Waals surface area contributed by atoms with Gasteiger partial charge in [0.25, 0.3) is 0 Å². The molecule has 4 rings (SSSR count). The molecule has 1 amide bonds. The van der Waals surface area contributed by atoms with E-state index in [1.165, 1.54) is 4.57 Å². The van der Waals surface area contributed by atoms with Crippen LogP contribution in [0.15, 0.2) is 45.7 Å². The average Bonchev–Trinajstić information content (AvgIpc) is 3.04. The second kappa shape index (κ2) is 5.59. The maximum Gasteiger partial charge on any atom is 0.420 e. The second-order valence-corrected chi connectivity index (χ2v) is 5.77. The zero-order chi connectivity index (χ0) is 17.6. The van der Waals surface area contributed by atoms with E-state index in [1.807, 2.05) is 20.0 Å². The maximum atomic E-state index is 12.3. The summed E-state index contributed by atoms with van der Waals surface area (Å²) in [4.78, 5) is 28.6. The van der Waals surface area contributed by atoms with Gasteiger partial charge < -0.3 is 9.73 Å². The molecule has 0 aliphatic rings. The number of aromatic nitrogens is 4. The molecule has 3 aromatic heterocycles. The lowest BCUT2D eigenvalue weighted by Crippen LogP contribution is -2.24. The van der Waals surface area contributed by atoms with Crippen molar-refractivity contribution in [3.63, 3.8) is 0 Å². The number of nitrogens with zero attached hydrogens (tertiary/aromatic N) is 4. The first-order chi connectivity index (χ1) is 12.0. The smallest absolute Gasteiger partial charge is 0.408 e. The molecule has 126 valence electrons. The Bertz CT molecular complexity index is 1170. The lowest BCUT2D eigenvalue weighted by atomic mass is 10.2. The highest BCUT2D eigenvalue weighted by Gasteiger charge is 2.13.